The van der Waals surface area contributed by atoms with Crippen molar-refractivity contribution in [2.45, 2.75) is 12.6 Å². The number of hydrogen-bond acceptors (Lipinski definition) is 6. The van der Waals surface area contributed by atoms with E-state index < -0.39 is 6.10 Å². The zero-order valence-electron chi connectivity index (χ0n) is 13.6. The Bertz CT molecular complexity index is 1040. The van der Waals surface area contributed by atoms with Crippen molar-refractivity contribution in [1.29, 1.82) is 0 Å². The third-order valence-electron chi connectivity index (χ3n) is 3.87. The van der Waals surface area contributed by atoms with Crippen LogP contribution in [0.4, 0.5) is 0 Å². The Hall–Kier alpha value is -2.61. The molecule has 0 aliphatic rings. The lowest BCUT2D eigenvalue weighted by molar-refractivity contribution is 0.0946. The van der Waals surface area contributed by atoms with Gasteiger partial charge >= 0.3 is 0 Å². The fourth-order valence-electron chi connectivity index (χ4n) is 2.55. The summed E-state index contributed by atoms with van der Waals surface area (Å²) in [7, 11) is 0. The summed E-state index contributed by atoms with van der Waals surface area (Å²) in [4.78, 5) is 23.7. The summed E-state index contributed by atoms with van der Waals surface area (Å²) in [6.45, 7) is 0.384. The topological polar surface area (TPSA) is 75.1 Å². The average molecular weight is 381 g/mol. The largest absolute Gasteiger partial charge is 0.382 e. The molecule has 4 aromatic rings. The van der Waals surface area contributed by atoms with Crippen LogP contribution in [0.2, 0.25) is 0 Å². The second-order valence-electron chi connectivity index (χ2n) is 5.65. The molecule has 0 radical (unpaired) electrons. The van der Waals surface area contributed by atoms with Gasteiger partial charge in [0.1, 0.15) is 11.8 Å². The van der Waals surface area contributed by atoms with Gasteiger partial charge in [0.2, 0.25) is 0 Å². The van der Waals surface area contributed by atoms with E-state index in [0.29, 0.717) is 17.8 Å². The summed E-state index contributed by atoms with van der Waals surface area (Å²) in [5.74, 6) is -0.267. The number of nitrogens with zero attached hydrogens (tertiary/aromatic N) is 2. The minimum atomic E-state index is -0.615. The van der Waals surface area contributed by atoms with Crippen LogP contribution in [0, 0.1) is 0 Å². The van der Waals surface area contributed by atoms with Crippen LogP contribution in [-0.4, -0.2) is 21.0 Å². The van der Waals surface area contributed by atoms with Gasteiger partial charge in [0, 0.05) is 14.6 Å². The fraction of sp³-hybridized carbons (Fsp3) is 0.105. The van der Waals surface area contributed by atoms with Gasteiger partial charge in [-0.15, -0.1) is 22.7 Å². The molecule has 0 aliphatic heterocycles. The van der Waals surface area contributed by atoms with Crippen molar-refractivity contribution in [1.82, 2.24) is 15.3 Å². The molecule has 7 heteroatoms. The molecule has 4 rings (SSSR count). The van der Waals surface area contributed by atoms with E-state index >= 15 is 0 Å². The molecule has 0 saturated heterocycles. The Labute approximate surface area is 158 Å². The summed E-state index contributed by atoms with van der Waals surface area (Å²) in [5, 5.41) is 15.2. The molecule has 26 heavy (non-hydrogen) atoms. The van der Waals surface area contributed by atoms with Crippen LogP contribution >= 0.6 is 22.7 Å². The minimum absolute atomic E-state index is 0.267. The Kier molecular flexibility index (Phi) is 4.75. The molecule has 0 saturated carbocycles. The zero-order valence-corrected chi connectivity index (χ0v) is 15.3. The van der Waals surface area contributed by atoms with Gasteiger partial charge in [-0.25, -0.2) is 4.98 Å². The Morgan fingerprint density at radius 3 is 2.73 bits per heavy atom. The first-order valence-corrected chi connectivity index (χ1v) is 9.70. The van der Waals surface area contributed by atoms with E-state index in [1.165, 1.54) is 28.9 Å². The van der Waals surface area contributed by atoms with E-state index in [1.807, 2.05) is 53.9 Å². The number of hydrogen-bond donors (Lipinski definition) is 2. The summed E-state index contributed by atoms with van der Waals surface area (Å²) in [6.07, 6.45) is 0.869. The van der Waals surface area contributed by atoms with Crippen molar-refractivity contribution in [3.05, 3.63) is 80.4 Å². The monoisotopic (exact) mass is 381 g/mol. The van der Waals surface area contributed by atoms with E-state index in [0.717, 1.165) is 20.1 Å². The number of nitrogens with one attached hydrogen (secondary N) is 1. The minimum Gasteiger partial charge on any atom is -0.382 e. The van der Waals surface area contributed by atoms with Crippen molar-refractivity contribution < 1.29 is 9.90 Å². The lowest BCUT2D eigenvalue weighted by Crippen LogP contribution is -2.23. The molecular formula is C19H15N3O2S2. The van der Waals surface area contributed by atoms with E-state index in [1.54, 1.807) is 0 Å². The molecule has 0 bridgehead atoms. The normalized spacial score (nSPS) is 12.2. The number of aliphatic hydroxyl groups is 1. The Balaban J connectivity index is 1.42. The average Bonchev–Trinajstić information content (AvgIpc) is 3.37. The van der Waals surface area contributed by atoms with E-state index in [4.69, 9.17) is 0 Å². The molecular weight excluding hydrogens is 366 g/mol. The summed E-state index contributed by atoms with van der Waals surface area (Å²) >= 11 is 3.01. The third-order valence-corrected chi connectivity index (χ3v) is 5.93. The number of fused-ring (bicyclic) bond motifs is 1. The van der Waals surface area contributed by atoms with Crippen LogP contribution in [0.25, 0.3) is 11.0 Å². The van der Waals surface area contributed by atoms with Gasteiger partial charge in [0.05, 0.1) is 23.8 Å². The number of benzene rings is 1. The van der Waals surface area contributed by atoms with Gasteiger partial charge in [-0.1, -0.05) is 18.2 Å². The number of aromatic nitrogens is 2. The van der Waals surface area contributed by atoms with E-state index in [9.17, 15) is 9.90 Å². The molecule has 5 nitrogen and oxygen atoms in total. The van der Waals surface area contributed by atoms with Crippen LogP contribution in [0.5, 0.6) is 0 Å². The van der Waals surface area contributed by atoms with Crippen molar-refractivity contribution in [3.8, 4) is 0 Å². The van der Waals surface area contributed by atoms with Crippen molar-refractivity contribution in [2.24, 2.45) is 0 Å². The van der Waals surface area contributed by atoms with Gasteiger partial charge in [0.25, 0.3) is 5.91 Å². The molecule has 3 heterocycles. The van der Waals surface area contributed by atoms with Crippen LogP contribution in [0.1, 0.15) is 31.2 Å². The van der Waals surface area contributed by atoms with Crippen LogP contribution in [0.15, 0.2) is 60.1 Å². The summed E-state index contributed by atoms with van der Waals surface area (Å²) in [5.41, 5.74) is 1.74. The van der Waals surface area contributed by atoms with Gasteiger partial charge in [0.15, 0.2) is 0 Å². The van der Waals surface area contributed by atoms with Crippen molar-refractivity contribution in [3.63, 3.8) is 0 Å². The highest BCUT2D eigenvalue weighted by molar-refractivity contribution is 7.12. The SMILES string of the molecule is O=C(NCc1ccc(C(O)c2cccs2)s1)c1cnc2ccccc2n1. The van der Waals surface area contributed by atoms with Gasteiger partial charge in [-0.2, -0.15) is 0 Å². The molecule has 3 aromatic heterocycles. The standard InChI is InChI=1S/C19H15N3O2S2/c23-18(16-6-3-9-25-16)17-8-7-12(26-17)10-21-19(24)15-11-20-13-4-1-2-5-14(13)22-15/h1-9,11,18,23H,10H2,(H,21,24). The number of carbonyl (C=O) groups is 1. The highest BCUT2D eigenvalue weighted by atomic mass is 32.1. The Morgan fingerprint density at radius 1 is 1.08 bits per heavy atom. The number of carbonyl (C=O) groups excluding carboxylic acids is 1. The van der Waals surface area contributed by atoms with Crippen LogP contribution < -0.4 is 5.32 Å². The number of rotatable bonds is 5. The molecule has 1 aromatic carbocycles. The lowest BCUT2D eigenvalue weighted by atomic mass is 10.2. The first-order valence-electron chi connectivity index (χ1n) is 8.01. The number of para-hydroxylation sites is 2. The number of amides is 1. The molecule has 1 amide bonds. The number of thiophene rings is 2. The van der Waals surface area contributed by atoms with E-state index in [-0.39, 0.29) is 5.91 Å². The first-order chi connectivity index (χ1) is 12.7. The molecule has 2 N–H and O–H groups in total. The maximum atomic E-state index is 12.3. The Morgan fingerprint density at radius 2 is 1.92 bits per heavy atom. The second kappa shape index (κ2) is 7.33. The number of aliphatic hydroxyl groups excluding tert-OH is 1. The lowest BCUT2D eigenvalue weighted by Gasteiger charge is -2.05. The van der Waals surface area contributed by atoms with Crippen molar-refractivity contribution in [2.75, 3.05) is 0 Å². The first kappa shape index (κ1) is 16.8. The van der Waals surface area contributed by atoms with Crippen molar-refractivity contribution >= 4 is 39.6 Å². The molecule has 130 valence electrons. The highest BCUT2D eigenvalue weighted by Crippen LogP contribution is 2.30. The maximum Gasteiger partial charge on any atom is 0.271 e. The molecule has 1 unspecified atom stereocenters. The summed E-state index contributed by atoms with van der Waals surface area (Å²) in [6, 6.07) is 15.1. The summed E-state index contributed by atoms with van der Waals surface area (Å²) < 4.78 is 0. The highest BCUT2D eigenvalue weighted by Gasteiger charge is 2.15. The zero-order chi connectivity index (χ0) is 17.9. The smallest absolute Gasteiger partial charge is 0.271 e. The van der Waals surface area contributed by atoms with Gasteiger partial charge in [-0.05, 0) is 35.7 Å². The predicted octanol–water partition coefficient (Wildman–Crippen LogP) is 3.76. The maximum absolute atomic E-state index is 12.3. The van der Waals surface area contributed by atoms with Crippen LogP contribution in [0.3, 0.4) is 0 Å². The van der Waals surface area contributed by atoms with Gasteiger partial charge in [-0.3, -0.25) is 9.78 Å². The molecule has 1 atom stereocenters. The third kappa shape index (κ3) is 3.50. The fourth-order valence-corrected chi connectivity index (χ4v) is 4.31. The van der Waals surface area contributed by atoms with Crippen LogP contribution in [-0.2, 0) is 6.54 Å². The van der Waals surface area contributed by atoms with Gasteiger partial charge < -0.3 is 10.4 Å². The molecule has 0 aliphatic carbocycles. The van der Waals surface area contributed by atoms with E-state index in [2.05, 4.69) is 15.3 Å². The molecule has 0 fully saturated rings. The second-order valence-corrected chi connectivity index (χ2v) is 7.83. The predicted molar refractivity (Wildman–Crippen MR) is 103 cm³/mol. The quantitative estimate of drug-likeness (QED) is 0.552. The molecule has 0 spiro atoms.